The van der Waals surface area contributed by atoms with Gasteiger partial charge in [-0.15, -0.1) is 0 Å². The zero-order valence-corrected chi connectivity index (χ0v) is 32.1. The number of nitrogens with one attached hydrogen (secondary N) is 1. The van der Waals surface area contributed by atoms with Crippen LogP contribution in [-0.2, 0) is 34.9 Å². The van der Waals surface area contributed by atoms with Crippen LogP contribution in [0.15, 0.2) is 36.4 Å². The molecule has 10 nitrogen and oxygen atoms in total. The van der Waals surface area contributed by atoms with E-state index in [1.165, 1.54) is 25.7 Å². The second kappa shape index (κ2) is 25.9. The minimum atomic E-state index is -1.59. The molecule has 0 amide bonds. The molecule has 0 spiro atoms. The van der Waals surface area contributed by atoms with Gasteiger partial charge >= 0.3 is 66.4 Å². The maximum Gasteiger partial charge on any atom is 1.00 e. The number of carbonyl (C=O) groups excluding carboxylic acids is 3. The molecule has 0 saturated heterocycles. The van der Waals surface area contributed by atoms with E-state index in [0.29, 0.717) is 37.9 Å². The van der Waals surface area contributed by atoms with Crippen LogP contribution in [-0.4, -0.2) is 49.9 Å². The summed E-state index contributed by atoms with van der Waals surface area (Å²) < 4.78 is 18.0. The Hall–Kier alpha value is -0.245. The Kier molecular flexibility index (Phi) is 28.4. The molecule has 0 bridgehead atoms. The average Bonchev–Trinajstić information content (AvgIpc) is 3.80. The fourth-order valence-corrected chi connectivity index (χ4v) is 3.20. The molecule has 4 N–H and O–H groups in total. The van der Waals surface area contributed by atoms with Crippen molar-refractivity contribution in [2.45, 2.75) is 65.1 Å². The van der Waals surface area contributed by atoms with Crippen LogP contribution in [0, 0.1) is 0 Å². The van der Waals surface area contributed by atoms with Crippen molar-refractivity contribution in [2.75, 3.05) is 7.11 Å². The Morgan fingerprint density at radius 2 is 1.26 bits per heavy atom. The fraction of sp³-hybridized carbons (Fsp3) is 0.423. The molecule has 2 fully saturated rings. The van der Waals surface area contributed by atoms with E-state index in [9.17, 15) is 14.4 Å². The first-order valence-corrected chi connectivity index (χ1v) is 13.8. The quantitative estimate of drug-likeness (QED) is 0.376. The van der Waals surface area contributed by atoms with Gasteiger partial charge in [0.15, 0.2) is 0 Å². The number of methoxy groups -OCH3 is 1. The molecule has 0 aromatic heterocycles. The number of nitrogens with two attached hydrogens (primary N) is 1. The Labute approximate surface area is 318 Å². The Morgan fingerprint density at radius 1 is 0.837 bits per heavy atom. The van der Waals surface area contributed by atoms with Crippen LogP contribution in [0.25, 0.3) is 0 Å². The van der Waals surface area contributed by atoms with Crippen molar-refractivity contribution >= 4 is 71.6 Å². The van der Waals surface area contributed by atoms with Gasteiger partial charge in [-0.25, -0.2) is 0 Å². The van der Waals surface area contributed by atoms with Crippen LogP contribution in [0.4, 0.5) is 0 Å². The SMILES string of the molecule is CC(=O)OB(OC(C)=O)OC(C)=O.COc1cccc(Cl)c1Cl.Clc1cccc(CNC2CC2)c1Cl.NC1CC1.[H-].[Na+].[Na+].[OH-]. The maximum atomic E-state index is 10.4. The van der Waals surface area contributed by atoms with Gasteiger partial charge in [0.05, 0.1) is 22.2 Å². The van der Waals surface area contributed by atoms with E-state index in [1.807, 2.05) is 18.2 Å². The Balaban J connectivity index is -0.000000247. The number of rotatable bonds is 7. The first-order valence-electron chi connectivity index (χ1n) is 12.3. The summed E-state index contributed by atoms with van der Waals surface area (Å²) in [5.74, 6) is -1.54. The third-order valence-electron chi connectivity index (χ3n) is 4.73. The van der Waals surface area contributed by atoms with Crippen LogP contribution in [0.3, 0.4) is 0 Å². The van der Waals surface area contributed by atoms with Gasteiger partial charge in [0.25, 0.3) is 17.9 Å². The molecule has 0 unspecified atom stereocenters. The molecule has 2 aliphatic rings. The molecule has 43 heavy (non-hydrogen) atoms. The number of halogens is 4. The summed E-state index contributed by atoms with van der Waals surface area (Å²) in [5.41, 5.74) is 6.31. The molecular weight excluding hydrogens is 667 g/mol. The van der Waals surface area contributed by atoms with Crippen molar-refractivity contribution in [2.24, 2.45) is 5.73 Å². The number of benzene rings is 2. The van der Waals surface area contributed by atoms with Crippen molar-refractivity contribution in [3.63, 3.8) is 0 Å². The zero-order valence-electron chi connectivity index (χ0n) is 26.1. The third kappa shape index (κ3) is 23.7. The van der Waals surface area contributed by atoms with Crippen molar-refractivity contribution in [3.8, 4) is 5.75 Å². The smallest absolute Gasteiger partial charge is 1.00 e. The number of ether oxygens (including phenoxy) is 1. The molecule has 230 valence electrons. The van der Waals surface area contributed by atoms with E-state index < -0.39 is 25.2 Å². The molecule has 0 radical (unpaired) electrons. The summed E-state index contributed by atoms with van der Waals surface area (Å²) in [7, 11) is -0.0372. The largest absolute Gasteiger partial charge is 1.00 e. The summed E-state index contributed by atoms with van der Waals surface area (Å²) in [6.07, 6.45) is 5.11. The molecule has 4 rings (SSSR count). The van der Waals surface area contributed by atoms with Crippen molar-refractivity contribution in [1.29, 1.82) is 0 Å². The van der Waals surface area contributed by atoms with Crippen LogP contribution in [0.5, 0.6) is 5.75 Å². The summed E-state index contributed by atoms with van der Waals surface area (Å²) >= 11 is 23.3. The van der Waals surface area contributed by atoms with E-state index >= 15 is 0 Å². The summed E-state index contributed by atoms with van der Waals surface area (Å²) in [5, 5.41) is 5.69. The molecule has 0 heterocycles. The van der Waals surface area contributed by atoms with Crippen LogP contribution < -0.4 is 74.9 Å². The second-order valence-corrected chi connectivity index (χ2v) is 10.1. The van der Waals surface area contributed by atoms with E-state index in [-0.39, 0.29) is 66.0 Å². The van der Waals surface area contributed by atoms with Crippen molar-refractivity contribution in [1.82, 2.24) is 5.32 Å². The van der Waals surface area contributed by atoms with Gasteiger partial charge in [0.2, 0.25) is 0 Å². The van der Waals surface area contributed by atoms with Crippen LogP contribution in [0.2, 0.25) is 20.1 Å². The van der Waals surface area contributed by atoms with E-state index in [0.717, 1.165) is 32.9 Å². The fourth-order valence-electron chi connectivity index (χ4n) is 2.44. The van der Waals surface area contributed by atoms with Crippen LogP contribution >= 0.6 is 46.4 Å². The third-order valence-corrected chi connectivity index (χ3v) is 6.39. The molecule has 2 aliphatic carbocycles. The second-order valence-electron chi connectivity index (χ2n) is 8.58. The summed E-state index contributed by atoms with van der Waals surface area (Å²) in [6, 6.07) is 12.3. The van der Waals surface area contributed by atoms with Gasteiger partial charge in [-0.3, -0.25) is 14.4 Å². The minimum Gasteiger partial charge on any atom is -1.00 e. The predicted octanol–water partition coefficient (Wildman–Crippen LogP) is -0.0408. The van der Waals surface area contributed by atoms with E-state index in [4.69, 9.17) is 56.9 Å². The van der Waals surface area contributed by atoms with Gasteiger partial charge < -0.3 is 36.7 Å². The normalized spacial score (nSPS) is 12.1. The molecule has 2 saturated carbocycles. The van der Waals surface area contributed by atoms with Crippen molar-refractivity contribution < 1.29 is 99.1 Å². The standard InChI is InChI=1S/C10H11Cl2N.C7H6Cl2O.C6H9BO6.C3H7N.2Na.H2O.H/c11-9-3-1-2-7(10(9)12)6-13-8-4-5-8;1-10-6-4-2-3-5(8)7(6)9;1-4(8)11-7(12-5(2)9)13-6(3)10;4-3-1-2-3;;;;/h1-3,8,13H,4-6H2;2-4H,1H3;1-3H3;3H,1-2,4H2;;;1H2;/q;;;;2*+1;;-1/p-1. The number of hydrogen-bond acceptors (Lipinski definition) is 10. The zero-order chi connectivity index (χ0) is 30.2. The Morgan fingerprint density at radius 3 is 1.60 bits per heavy atom. The molecule has 0 aliphatic heterocycles. The minimum absolute atomic E-state index is 0. The first kappa shape index (κ1) is 47.2. The van der Waals surface area contributed by atoms with Gasteiger partial charge in [0.1, 0.15) is 10.8 Å². The van der Waals surface area contributed by atoms with Crippen LogP contribution in [0.1, 0.15) is 53.4 Å². The maximum absolute atomic E-state index is 10.4. The topological polar surface area (TPSA) is 156 Å². The number of carbonyl (C=O) groups is 3. The summed E-state index contributed by atoms with van der Waals surface area (Å²) in [4.78, 5) is 31.2. The predicted molar refractivity (Wildman–Crippen MR) is 161 cm³/mol. The molecule has 17 heteroatoms. The van der Waals surface area contributed by atoms with Gasteiger partial charge in [-0.1, -0.05) is 64.6 Å². The Bertz CT molecular complexity index is 1100. The van der Waals surface area contributed by atoms with Gasteiger partial charge in [-0.05, 0) is 49.4 Å². The van der Waals surface area contributed by atoms with Gasteiger partial charge in [-0.2, -0.15) is 0 Å². The van der Waals surface area contributed by atoms with Gasteiger partial charge in [0, 0.05) is 39.4 Å². The molecule has 0 atom stereocenters. The molecule has 2 aromatic carbocycles. The van der Waals surface area contributed by atoms with Crippen molar-refractivity contribution in [3.05, 3.63) is 62.1 Å². The van der Waals surface area contributed by atoms with E-state index in [1.54, 1.807) is 25.3 Å². The first-order chi connectivity index (χ1) is 18.8. The number of hydrogen-bond donors (Lipinski definition) is 2. The monoisotopic (exact) mass is 700 g/mol. The molecular formula is C26H35BCl4N2Na2O8. The molecule has 2 aromatic rings. The summed E-state index contributed by atoms with van der Waals surface area (Å²) in [6.45, 7) is 4.12. The average molecular weight is 702 g/mol. The van der Waals surface area contributed by atoms with E-state index in [2.05, 4.69) is 19.3 Å².